The third-order valence-electron chi connectivity index (χ3n) is 4.31. The van der Waals surface area contributed by atoms with Gasteiger partial charge in [-0.25, -0.2) is 4.79 Å². The maximum atomic E-state index is 12.4. The van der Waals surface area contributed by atoms with Crippen molar-refractivity contribution in [2.45, 2.75) is 6.92 Å². The average Bonchev–Trinajstić information content (AvgIpc) is 2.62. The number of hydrogen-bond donors (Lipinski definition) is 1. The van der Waals surface area contributed by atoms with E-state index in [0.717, 1.165) is 17.6 Å². The van der Waals surface area contributed by atoms with Gasteiger partial charge in [0.15, 0.2) is 0 Å². The molecule has 0 spiro atoms. The zero-order valence-electron chi connectivity index (χ0n) is 14.0. The van der Waals surface area contributed by atoms with E-state index in [-0.39, 0.29) is 6.03 Å². The van der Waals surface area contributed by atoms with Crippen LogP contribution in [0.5, 0.6) is 0 Å². The molecule has 0 atom stereocenters. The second-order valence-corrected chi connectivity index (χ2v) is 6.94. The molecule has 0 unspecified atom stereocenters. The topological polar surface area (TPSA) is 59.4 Å². The number of nitriles is 1. The van der Waals surface area contributed by atoms with Crippen molar-refractivity contribution in [3.63, 3.8) is 0 Å². The maximum absolute atomic E-state index is 12.4. The number of anilines is 2. The first kappa shape index (κ1) is 17.3. The number of rotatable bonds is 2. The maximum Gasteiger partial charge on any atom is 0.321 e. The van der Waals surface area contributed by atoms with Crippen LogP contribution in [0.3, 0.4) is 0 Å². The van der Waals surface area contributed by atoms with Gasteiger partial charge in [-0.2, -0.15) is 5.26 Å². The number of nitrogens with one attached hydrogen (secondary N) is 1. The van der Waals surface area contributed by atoms with Crippen LogP contribution in [0, 0.1) is 18.3 Å². The summed E-state index contributed by atoms with van der Waals surface area (Å²) >= 11 is 3.49. The SMILES string of the molecule is Cc1cc(Br)ccc1N1CCN(C(=O)Nc2cccc(C#N)c2)CC1. The van der Waals surface area contributed by atoms with Gasteiger partial charge in [0.2, 0.25) is 0 Å². The highest BCUT2D eigenvalue weighted by Gasteiger charge is 2.22. The van der Waals surface area contributed by atoms with Crippen LogP contribution in [-0.2, 0) is 0 Å². The number of amides is 2. The predicted molar refractivity (Wildman–Crippen MR) is 103 cm³/mol. The largest absolute Gasteiger partial charge is 0.368 e. The van der Waals surface area contributed by atoms with Crippen LogP contribution in [0.4, 0.5) is 16.2 Å². The van der Waals surface area contributed by atoms with E-state index in [1.807, 2.05) is 11.0 Å². The number of halogens is 1. The Balaban J connectivity index is 1.60. The summed E-state index contributed by atoms with van der Waals surface area (Å²) in [6, 6.07) is 15.2. The van der Waals surface area contributed by atoms with Crippen molar-refractivity contribution in [2.24, 2.45) is 0 Å². The van der Waals surface area contributed by atoms with Gasteiger partial charge >= 0.3 is 6.03 Å². The molecule has 6 heteroatoms. The number of carbonyl (C=O) groups is 1. The van der Waals surface area contributed by atoms with Crippen LogP contribution in [-0.4, -0.2) is 37.1 Å². The summed E-state index contributed by atoms with van der Waals surface area (Å²) in [5.41, 5.74) is 3.62. The van der Waals surface area contributed by atoms with Crippen molar-refractivity contribution in [3.8, 4) is 6.07 Å². The van der Waals surface area contributed by atoms with Gasteiger partial charge in [-0.1, -0.05) is 22.0 Å². The van der Waals surface area contributed by atoms with Crippen molar-refractivity contribution in [3.05, 3.63) is 58.1 Å². The molecule has 1 N–H and O–H groups in total. The molecule has 3 rings (SSSR count). The lowest BCUT2D eigenvalue weighted by Crippen LogP contribution is -2.50. The Labute approximate surface area is 156 Å². The fourth-order valence-corrected chi connectivity index (χ4v) is 3.47. The average molecular weight is 399 g/mol. The predicted octanol–water partition coefficient (Wildman–Crippen LogP) is 3.98. The van der Waals surface area contributed by atoms with Crippen molar-refractivity contribution in [1.82, 2.24) is 4.90 Å². The van der Waals surface area contributed by atoms with E-state index >= 15 is 0 Å². The number of hydrogen-bond acceptors (Lipinski definition) is 3. The van der Waals surface area contributed by atoms with Gasteiger partial charge in [0.05, 0.1) is 11.6 Å². The van der Waals surface area contributed by atoms with Crippen LogP contribution in [0.2, 0.25) is 0 Å². The monoisotopic (exact) mass is 398 g/mol. The molecule has 2 aromatic carbocycles. The Morgan fingerprint density at radius 2 is 1.92 bits per heavy atom. The van der Waals surface area contributed by atoms with Crippen molar-refractivity contribution < 1.29 is 4.79 Å². The number of aryl methyl sites for hydroxylation is 1. The van der Waals surface area contributed by atoms with E-state index in [2.05, 4.69) is 51.3 Å². The van der Waals surface area contributed by atoms with Crippen molar-refractivity contribution in [1.29, 1.82) is 5.26 Å². The van der Waals surface area contributed by atoms with Crippen molar-refractivity contribution in [2.75, 3.05) is 36.4 Å². The quantitative estimate of drug-likeness (QED) is 0.831. The van der Waals surface area contributed by atoms with Crippen LogP contribution in [0.15, 0.2) is 46.9 Å². The highest BCUT2D eigenvalue weighted by Crippen LogP contribution is 2.25. The zero-order valence-corrected chi connectivity index (χ0v) is 15.6. The Morgan fingerprint density at radius 1 is 1.16 bits per heavy atom. The normalized spacial score (nSPS) is 14.1. The van der Waals surface area contributed by atoms with Gasteiger partial charge in [-0.15, -0.1) is 0 Å². The highest BCUT2D eigenvalue weighted by atomic mass is 79.9. The number of carbonyl (C=O) groups excluding carboxylic acids is 1. The molecule has 0 aromatic heterocycles. The molecule has 0 saturated carbocycles. The lowest BCUT2D eigenvalue weighted by Gasteiger charge is -2.36. The molecule has 1 aliphatic heterocycles. The van der Waals surface area contributed by atoms with Gasteiger partial charge in [0.25, 0.3) is 0 Å². The van der Waals surface area contributed by atoms with Crippen LogP contribution in [0.1, 0.15) is 11.1 Å². The van der Waals surface area contributed by atoms with E-state index in [1.54, 1.807) is 24.3 Å². The lowest BCUT2D eigenvalue weighted by molar-refractivity contribution is 0.208. The summed E-state index contributed by atoms with van der Waals surface area (Å²) in [7, 11) is 0. The molecule has 0 aliphatic carbocycles. The number of benzene rings is 2. The molecule has 0 radical (unpaired) electrons. The third kappa shape index (κ3) is 4.12. The zero-order chi connectivity index (χ0) is 17.8. The van der Waals surface area contributed by atoms with Crippen molar-refractivity contribution >= 4 is 33.3 Å². The Bertz CT molecular complexity index is 822. The van der Waals surface area contributed by atoms with Crippen LogP contribution in [0.25, 0.3) is 0 Å². The number of urea groups is 1. The Hall–Kier alpha value is -2.52. The van der Waals surface area contributed by atoms with Crippen LogP contribution < -0.4 is 10.2 Å². The van der Waals surface area contributed by atoms with E-state index < -0.39 is 0 Å². The molecule has 25 heavy (non-hydrogen) atoms. The summed E-state index contributed by atoms with van der Waals surface area (Å²) < 4.78 is 1.08. The fraction of sp³-hybridized carbons (Fsp3) is 0.263. The summed E-state index contributed by atoms with van der Waals surface area (Å²) in [4.78, 5) is 16.5. The molecule has 0 bridgehead atoms. The van der Waals surface area contributed by atoms with Gasteiger partial charge in [0, 0.05) is 42.0 Å². The second-order valence-electron chi connectivity index (χ2n) is 6.03. The first-order chi connectivity index (χ1) is 12.1. The molecular weight excluding hydrogens is 380 g/mol. The first-order valence-electron chi connectivity index (χ1n) is 8.14. The second kappa shape index (κ2) is 7.58. The highest BCUT2D eigenvalue weighted by molar-refractivity contribution is 9.10. The summed E-state index contributed by atoms with van der Waals surface area (Å²) in [5, 5.41) is 11.8. The summed E-state index contributed by atoms with van der Waals surface area (Å²) in [6.07, 6.45) is 0. The smallest absolute Gasteiger partial charge is 0.321 e. The van der Waals surface area contributed by atoms with E-state index in [9.17, 15) is 4.79 Å². The molecule has 1 heterocycles. The molecule has 2 amide bonds. The van der Waals surface area contributed by atoms with E-state index in [1.165, 1.54) is 11.3 Å². The Morgan fingerprint density at radius 3 is 2.60 bits per heavy atom. The summed E-state index contributed by atoms with van der Waals surface area (Å²) in [6.45, 7) is 5.03. The minimum absolute atomic E-state index is 0.123. The molecule has 1 fully saturated rings. The third-order valence-corrected chi connectivity index (χ3v) is 4.80. The first-order valence-corrected chi connectivity index (χ1v) is 8.93. The molecule has 5 nitrogen and oxygen atoms in total. The molecule has 128 valence electrons. The van der Waals surface area contributed by atoms with Crippen LogP contribution >= 0.6 is 15.9 Å². The van der Waals surface area contributed by atoms with Gasteiger partial charge in [0.1, 0.15) is 0 Å². The van der Waals surface area contributed by atoms with Gasteiger partial charge < -0.3 is 15.1 Å². The molecule has 1 saturated heterocycles. The minimum atomic E-state index is -0.123. The lowest BCUT2D eigenvalue weighted by atomic mass is 10.1. The molecule has 2 aromatic rings. The number of piperazine rings is 1. The van der Waals surface area contributed by atoms with Gasteiger partial charge in [-0.05, 0) is 48.9 Å². The summed E-state index contributed by atoms with van der Waals surface area (Å²) in [5.74, 6) is 0. The standard InChI is InChI=1S/C19H19BrN4O/c1-14-11-16(20)5-6-18(14)23-7-9-24(10-8-23)19(25)22-17-4-2-3-15(12-17)13-21/h2-6,11-12H,7-10H2,1H3,(H,22,25). The molecular formula is C19H19BrN4O. The Kier molecular flexibility index (Phi) is 5.25. The van der Waals surface area contributed by atoms with E-state index in [4.69, 9.17) is 5.26 Å². The number of nitrogens with zero attached hydrogens (tertiary/aromatic N) is 3. The fourth-order valence-electron chi connectivity index (χ4n) is 2.99. The van der Waals surface area contributed by atoms with Gasteiger partial charge in [-0.3, -0.25) is 0 Å². The molecule has 1 aliphatic rings. The minimum Gasteiger partial charge on any atom is -0.368 e. The van der Waals surface area contributed by atoms with E-state index in [0.29, 0.717) is 24.3 Å².